The Balaban J connectivity index is 3.35. The highest BCUT2D eigenvalue weighted by Gasteiger charge is 2.22. The van der Waals surface area contributed by atoms with Crippen LogP contribution in [0, 0.1) is 24.0 Å². The molecule has 0 N–H and O–H groups in total. The lowest BCUT2D eigenvalue weighted by Crippen LogP contribution is -2.00. The molecule has 0 saturated carbocycles. The Labute approximate surface area is 73.6 Å². The third kappa shape index (κ3) is 1.64. The molecule has 1 atom stereocenters. The van der Waals surface area contributed by atoms with Crippen molar-refractivity contribution in [3.05, 3.63) is 46.6 Å². The van der Waals surface area contributed by atoms with Gasteiger partial charge in [-0.05, 0) is 12.1 Å². The molecule has 0 aliphatic carbocycles. The van der Waals surface area contributed by atoms with Gasteiger partial charge < -0.3 is 4.85 Å². The molecule has 1 aromatic carbocycles. The fourth-order valence-corrected chi connectivity index (χ4v) is 0.990. The van der Waals surface area contributed by atoms with Crippen LogP contribution in [0.4, 0.5) is 13.2 Å². The van der Waals surface area contributed by atoms with Crippen LogP contribution in [0.25, 0.3) is 4.85 Å². The van der Waals surface area contributed by atoms with Gasteiger partial charge in [-0.3, -0.25) is 0 Å². The Morgan fingerprint density at radius 2 is 1.77 bits per heavy atom. The highest BCUT2D eigenvalue weighted by molar-refractivity contribution is 5.25. The van der Waals surface area contributed by atoms with Crippen LogP contribution in [0.1, 0.15) is 18.5 Å². The Bertz CT molecular complexity index is 368. The maximum Gasteiger partial charge on any atom is 0.251 e. The zero-order valence-corrected chi connectivity index (χ0v) is 6.81. The van der Waals surface area contributed by atoms with Crippen molar-refractivity contribution < 1.29 is 13.2 Å². The zero-order valence-electron chi connectivity index (χ0n) is 6.81. The van der Waals surface area contributed by atoms with Crippen LogP contribution < -0.4 is 0 Å². The number of benzene rings is 1. The Morgan fingerprint density at radius 1 is 1.23 bits per heavy atom. The molecule has 68 valence electrons. The lowest BCUT2D eigenvalue weighted by atomic mass is 10.1. The third-order valence-electron chi connectivity index (χ3n) is 1.69. The van der Waals surface area contributed by atoms with Crippen LogP contribution >= 0.6 is 0 Å². The van der Waals surface area contributed by atoms with Gasteiger partial charge in [0.1, 0.15) is 11.4 Å². The van der Waals surface area contributed by atoms with Crippen LogP contribution in [-0.2, 0) is 0 Å². The number of nitrogens with zero attached hydrogens (tertiary/aromatic N) is 1. The molecule has 1 aromatic rings. The Kier molecular flexibility index (Phi) is 2.57. The normalized spacial score (nSPS) is 12.2. The van der Waals surface area contributed by atoms with Crippen molar-refractivity contribution in [2.24, 2.45) is 0 Å². The van der Waals surface area contributed by atoms with Crippen molar-refractivity contribution in [2.45, 2.75) is 13.0 Å². The van der Waals surface area contributed by atoms with E-state index in [0.29, 0.717) is 6.07 Å². The van der Waals surface area contributed by atoms with Gasteiger partial charge in [0.05, 0.1) is 0 Å². The summed E-state index contributed by atoms with van der Waals surface area (Å²) in [5, 5.41) is 0. The van der Waals surface area contributed by atoms with E-state index in [1.807, 2.05) is 0 Å². The molecule has 0 aromatic heterocycles. The van der Waals surface area contributed by atoms with E-state index >= 15 is 0 Å². The fraction of sp³-hybridized carbons (Fsp3) is 0.222. The van der Waals surface area contributed by atoms with E-state index in [4.69, 9.17) is 6.57 Å². The molecule has 0 spiro atoms. The van der Waals surface area contributed by atoms with Crippen LogP contribution in [0.15, 0.2) is 12.1 Å². The quantitative estimate of drug-likeness (QED) is 0.467. The van der Waals surface area contributed by atoms with Gasteiger partial charge in [-0.25, -0.2) is 19.7 Å². The van der Waals surface area contributed by atoms with E-state index in [9.17, 15) is 13.2 Å². The highest BCUT2D eigenvalue weighted by Crippen LogP contribution is 2.24. The second-order valence-electron chi connectivity index (χ2n) is 2.56. The maximum absolute atomic E-state index is 12.9. The molecule has 1 unspecified atom stereocenters. The van der Waals surface area contributed by atoms with E-state index in [0.717, 1.165) is 6.07 Å². The van der Waals surface area contributed by atoms with Gasteiger partial charge in [-0.1, -0.05) is 0 Å². The van der Waals surface area contributed by atoms with Crippen molar-refractivity contribution in [1.82, 2.24) is 0 Å². The van der Waals surface area contributed by atoms with Gasteiger partial charge in [0, 0.05) is 6.92 Å². The second kappa shape index (κ2) is 3.48. The summed E-state index contributed by atoms with van der Waals surface area (Å²) in [6.07, 6.45) is 0. The predicted octanol–water partition coefficient (Wildman–Crippen LogP) is 3.08. The summed E-state index contributed by atoms with van der Waals surface area (Å²) in [7, 11) is 0. The van der Waals surface area contributed by atoms with Crippen LogP contribution in [0.2, 0.25) is 0 Å². The van der Waals surface area contributed by atoms with Crippen molar-refractivity contribution in [2.75, 3.05) is 0 Å². The molecule has 0 heterocycles. The third-order valence-corrected chi connectivity index (χ3v) is 1.69. The monoisotopic (exact) mass is 185 g/mol. The van der Waals surface area contributed by atoms with E-state index in [1.165, 1.54) is 6.92 Å². The van der Waals surface area contributed by atoms with Gasteiger partial charge in [0.15, 0.2) is 11.6 Å². The summed E-state index contributed by atoms with van der Waals surface area (Å²) in [5.74, 6) is -3.29. The molecular weight excluding hydrogens is 179 g/mol. The lowest BCUT2D eigenvalue weighted by Gasteiger charge is -2.03. The molecule has 0 radical (unpaired) electrons. The van der Waals surface area contributed by atoms with Gasteiger partial charge in [-0.2, -0.15) is 0 Å². The van der Waals surface area contributed by atoms with Gasteiger partial charge in [-0.15, -0.1) is 0 Å². The Hall–Kier alpha value is -1.50. The van der Waals surface area contributed by atoms with Gasteiger partial charge in [0.2, 0.25) is 0 Å². The lowest BCUT2D eigenvalue weighted by molar-refractivity contribution is 0.476. The number of halogens is 3. The van der Waals surface area contributed by atoms with Crippen molar-refractivity contribution in [3.8, 4) is 0 Å². The summed E-state index contributed by atoms with van der Waals surface area (Å²) in [4.78, 5) is 2.92. The first-order chi connectivity index (χ1) is 6.07. The highest BCUT2D eigenvalue weighted by atomic mass is 19.2. The van der Waals surface area contributed by atoms with Gasteiger partial charge >= 0.3 is 0 Å². The molecule has 0 aliphatic rings. The fourth-order valence-electron chi connectivity index (χ4n) is 0.990. The van der Waals surface area contributed by atoms with E-state index in [2.05, 4.69) is 4.85 Å². The van der Waals surface area contributed by atoms with E-state index < -0.39 is 29.1 Å². The summed E-state index contributed by atoms with van der Waals surface area (Å²) in [6, 6.07) is 0.510. The largest absolute Gasteiger partial charge is 0.309 e. The molecule has 0 fully saturated rings. The summed E-state index contributed by atoms with van der Waals surface area (Å²) in [6.45, 7) is 7.89. The molecule has 0 bridgehead atoms. The van der Waals surface area contributed by atoms with E-state index in [-0.39, 0.29) is 0 Å². The van der Waals surface area contributed by atoms with Gasteiger partial charge in [0.25, 0.3) is 6.04 Å². The smallest absolute Gasteiger partial charge is 0.251 e. The SMILES string of the molecule is [C-]#[N+]C(C)c1c(F)ccc(F)c1F. The topological polar surface area (TPSA) is 4.36 Å². The molecule has 1 rings (SSSR count). The zero-order chi connectivity index (χ0) is 10.0. The van der Waals surface area contributed by atoms with E-state index in [1.54, 1.807) is 0 Å². The minimum Gasteiger partial charge on any atom is -0.309 e. The van der Waals surface area contributed by atoms with Crippen LogP contribution in [-0.4, -0.2) is 0 Å². The number of hydrogen-bond acceptors (Lipinski definition) is 0. The first-order valence-electron chi connectivity index (χ1n) is 3.58. The molecular formula is C9H6F3N. The summed E-state index contributed by atoms with van der Waals surface area (Å²) in [5.41, 5.74) is -0.505. The average Bonchev–Trinajstić information content (AvgIpc) is 2.12. The molecule has 13 heavy (non-hydrogen) atoms. The standard InChI is InChI=1S/C9H6F3N/c1-5(13-2)8-6(10)3-4-7(11)9(8)12/h3-5H,1H3. The number of hydrogen-bond donors (Lipinski definition) is 0. The van der Waals surface area contributed by atoms with Crippen LogP contribution in [0.5, 0.6) is 0 Å². The molecule has 0 aliphatic heterocycles. The second-order valence-corrected chi connectivity index (χ2v) is 2.56. The Morgan fingerprint density at radius 3 is 2.31 bits per heavy atom. The first kappa shape index (κ1) is 9.59. The predicted molar refractivity (Wildman–Crippen MR) is 41.3 cm³/mol. The molecule has 0 saturated heterocycles. The summed E-state index contributed by atoms with van der Waals surface area (Å²) < 4.78 is 38.5. The van der Waals surface area contributed by atoms with Crippen molar-refractivity contribution >= 4 is 0 Å². The van der Waals surface area contributed by atoms with Crippen molar-refractivity contribution in [3.63, 3.8) is 0 Å². The first-order valence-corrected chi connectivity index (χ1v) is 3.58. The summed E-state index contributed by atoms with van der Waals surface area (Å²) >= 11 is 0. The number of rotatable bonds is 1. The van der Waals surface area contributed by atoms with Crippen molar-refractivity contribution in [1.29, 1.82) is 0 Å². The average molecular weight is 185 g/mol. The maximum atomic E-state index is 12.9. The van der Waals surface area contributed by atoms with Crippen LogP contribution in [0.3, 0.4) is 0 Å². The molecule has 0 amide bonds. The molecule has 4 heteroatoms. The minimum atomic E-state index is -1.27. The molecule has 1 nitrogen and oxygen atoms in total. The minimum absolute atomic E-state index is 0.505.